The molecule has 1 saturated heterocycles. The highest BCUT2D eigenvalue weighted by atomic mass is 19.3. The van der Waals surface area contributed by atoms with Crippen LogP contribution in [0.25, 0.3) is 0 Å². The van der Waals surface area contributed by atoms with Crippen molar-refractivity contribution in [3.05, 3.63) is 72.1 Å². The summed E-state index contributed by atoms with van der Waals surface area (Å²) in [5, 5.41) is 10.4. The molecule has 31 heavy (non-hydrogen) atoms. The molecule has 3 heterocycles. The fourth-order valence-electron chi connectivity index (χ4n) is 3.41. The molecule has 4 rings (SSSR count). The zero-order chi connectivity index (χ0) is 21.8. The van der Waals surface area contributed by atoms with E-state index in [-0.39, 0.29) is 18.1 Å². The normalized spacial score (nSPS) is 17.5. The maximum atomic E-state index is 14.1. The Morgan fingerprint density at radius 2 is 1.87 bits per heavy atom. The van der Waals surface area contributed by atoms with Crippen molar-refractivity contribution in [3.8, 4) is 0 Å². The van der Waals surface area contributed by atoms with Gasteiger partial charge in [0.1, 0.15) is 0 Å². The van der Waals surface area contributed by atoms with E-state index in [1.807, 2.05) is 30.3 Å². The summed E-state index contributed by atoms with van der Waals surface area (Å²) in [6.45, 7) is -0.443. The topological polar surface area (TPSA) is 106 Å². The molecular formula is C20H19F2N7O2. The van der Waals surface area contributed by atoms with Gasteiger partial charge in [0.2, 0.25) is 5.82 Å². The number of nitrogens with zero attached hydrogens (tertiary/aromatic N) is 6. The average molecular weight is 427 g/mol. The first-order valence-electron chi connectivity index (χ1n) is 9.59. The van der Waals surface area contributed by atoms with Gasteiger partial charge in [-0.3, -0.25) is 9.59 Å². The predicted molar refractivity (Wildman–Crippen MR) is 104 cm³/mol. The maximum Gasteiger partial charge on any atom is 0.292 e. The molecule has 1 aliphatic heterocycles. The molecule has 9 nitrogen and oxygen atoms in total. The van der Waals surface area contributed by atoms with Gasteiger partial charge in [-0.15, -0.1) is 5.10 Å². The fourth-order valence-corrected chi connectivity index (χ4v) is 3.41. The number of carbonyl (C=O) groups excluding carboxylic acids is 2. The third kappa shape index (κ3) is 4.87. The van der Waals surface area contributed by atoms with Gasteiger partial charge in [0, 0.05) is 25.4 Å². The van der Waals surface area contributed by atoms with E-state index < -0.39 is 36.7 Å². The molecule has 3 aromatic rings. The fraction of sp³-hybridized carbons (Fsp3) is 0.300. The summed E-state index contributed by atoms with van der Waals surface area (Å²) in [4.78, 5) is 33.7. The van der Waals surface area contributed by atoms with Gasteiger partial charge in [0.25, 0.3) is 17.7 Å². The number of nitrogens with one attached hydrogen (secondary N) is 1. The third-order valence-corrected chi connectivity index (χ3v) is 4.86. The molecule has 0 radical (unpaired) electrons. The van der Waals surface area contributed by atoms with Crippen LogP contribution in [-0.2, 0) is 13.1 Å². The molecule has 0 spiro atoms. The minimum atomic E-state index is -3.04. The van der Waals surface area contributed by atoms with E-state index in [4.69, 9.17) is 0 Å². The number of aromatic nitrogens is 5. The van der Waals surface area contributed by atoms with E-state index in [0.29, 0.717) is 6.54 Å². The van der Waals surface area contributed by atoms with Gasteiger partial charge in [-0.25, -0.2) is 23.4 Å². The standard InChI is InChI=1S/C20H19F2N7O2/c21-20(22)9-15(29(13-20)19(31)17-23-7-4-8-24-17)11-28-12-16(26-27-28)18(30)25-10-14-5-2-1-3-6-14/h1-8,12,15H,9-11,13H2,(H,25,30)/t15-/m0/s1. The molecule has 2 aromatic heterocycles. The van der Waals surface area contributed by atoms with Crippen LogP contribution in [0, 0.1) is 0 Å². The molecule has 2 amide bonds. The van der Waals surface area contributed by atoms with Crippen LogP contribution in [0.1, 0.15) is 33.1 Å². The van der Waals surface area contributed by atoms with E-state index in [1.54, 1.807) is 0 Å². The van der Waals surface area contributed by atoms with Crippen LogP contribution in [0.4, 0.5) is 8.78 Å². The highest BCUT2D eigenvalue weighted by Crippen LogP contribution is 2.33. The van der Waals surface area contributed by atoms with Gasteiger partial charge < -0.3 is 10.2 Å². The molecule has 0 aliphatic carbocycles. The summed E-state index contributed by atoms with van der Waals surface area (Å²) in [6, 6.07) is 10.0. The molecule has 0 unspecified atom stereocenters. The van der Waals surface area contributed by atoms with Crippen LogP contribution in [0.3, 0.4) is 0 Å². The number of rotatable bonds is 6. The maximum absolute atomic E-state index is 14.1. The number of benzene rings is 1. The van der Waals surface area contributed by atoms with Crippen molar-refractivity contribution in [3.63, 3.8) is 0 Å². The minimum absolute atomic E-state index is 0.0346. The van der Waals surface area contributed by atoms with Crippen LogP contribution in [-0.4, -0.2) is 60.2 Å². The molecule has 11 heteroatoms. The van der Waals surface area contributed by atoms with E-state index in [9.17, 15) is 18.4 Å². The zero-order valence-electron chi connectivity index (χ0n) is 16.4. The van der Waals surface area contributed by atoms with Gasteiger partial charge in [-0.2, -0.15) is 0 Å². The Kier molecular flexibility index (Phi) is 5.65. The van der Waals surface area contributed by atoms with Crippen molar-refractivity contribution in [1.29, 1.82) is 0 Å². The summed E-state index contributed by atoms with van der Waals surface area (Å²) < 4.78 is 29.4. The highest BCUT2D eigenvalue weighted by Gasteiger charge is 2.47. The van der Waals surface area contributed by atoms with Crippen LogP contribution in [0.5, 0.6) is 0 Å². The molecular weight excluding hydrogens is 408 g/mol. The first kappa shape index (κ1) is 20.5. The smallest absolute Gasteiger partial charge is 0.292 e. The number of halogens is 2. The van der Waals surface area contributed by atoms with Crippen LogP contribution < -0.4 is 5.32 Å². The van der Waals surface area contributed by atoms with Crippen molar-refractivity contribution in [1.82, 2.24) is 35.2 Å². The minimum Gasteiger partial charge on any atom is -0.347 e. The van der Waals surface area contributed by atoms with Crippen molar-refractivity contribution >= 4 is 11.8 Å². The third-order valence-electron chi connectivity index (χ3n) is 4.86. The van der Waals surface area contributed by atoms with Gasteiger partial charge >= 0.3 is 0 Å². The first-order chi connectivity index (χ1) is 14.9. The summed E-state index contributed by atoms with van der Waals surface area (Å²) in [5.74, 6) is -4.29. The largest absolute Gasteiger partial charge is 0.347 e. The molecule has 0 bridgehead atoms. The SMILES string of the molecule is O=C(NCc1ccccc1)c1cn(C[C@@H]2CC(F)(F)CN2C(=O)c2ncccn2)nn1. The quantitative estimate of drug-likeness (QED) is 0.640. The number of likely N-dealkylation sites (tertiary alicyclic amines) is 1. The Morgan fingerprint density at radius 1 is 1.13 bits per heavy atom. The summed E-state index contributed by atoms with van der Waals surface area (Å²) in [6.07, 6.45) is 3.60. The van der Waals surface area contributed by atoms with Crippen molar-refractivity contribution in [2.75, 3.05) is 6.54 Å². The Bertz CT molecular complexity index is 1060. The van der Waals surface area contributed by atoms with Crippen LogP contribution >= 0.6 is 0 Å². The highest BCUT2D eigenvalue weighted by molar-refractivity contribution is 5.92. The number of alkyl halides is 2. The number of hydrogen-bond donors (Lipinski definition) is 1. The summed E-state index contributed by atoms with van der Waals surface area (Å²) in [5.41, 5.74) is 0.985. The monoisotopic (exact) mass is 427 g/mol. The second-order valence-corrected chi connectivity index (χ2v) is 7.21. The summed E-state index contributed by atoms with van der Waals surface area (Å²) in [7, 11) is 0. The molecule has 1 aromatic carbocycles. The van der Waals surface area contributed by atoms with E-state index in [0.717, 1.165) is 10.5 Å². The number of carbonyl (C=O) groups is 2. The number of hydrogen-bond acceptors (Lipinski definition) is 6. The molecule has 160 valence electrons. The van der Waals surface area contributed by atoms with Crippen molar-refractivity contribution in [2.24, 2.45) is 0 Å². The van der Waals surface area contributed by atoms with Gasteiger partial charge in [-0.1, -0.05) is 35.5 Å². The molecule has 1 atom stereocenters. The lowest BCUT2D eigenvalue weighted by molar-refractivity contribution is 0.0116. The Balaban J connectivity index is 1.42. The predicted octanol–water partition coefficient (Wildman–Crippen LogP) is 1.55. The van der Waals surface area contributed by atoms with E-state index in [1.165, 1.54) is 29.3 Å². The number of amides is 2. The van der Waals surface area contributed by atoms with Crippen LogP contribution in [0.2, 0.25) is 0 Å². The Morgan fingerprint density at radius 3 is 2.61 bits per heavy atom. The van der Waals surface area contributed by atoms with Crippen LogP contribution in [0.15, 0.2) is 55.0 Å². The molecule has 1 aliphatic rings. The van der Waals surface area contributed by atoms with Gasteiger partial charge in [-0.05, 0) is 11.6 Å². The average Bonchev–Trinajstić information content (AvgIpc) is 3.36. The van der Waals surface area contributed by atoms with E-state index >= 15 is 0 Å². The lowest BCUT2D eigenvalue weighted by atomic mass is 10.2. The Labute approximate surface area is 176 Å². The second-order valence-electron chi connectivity index (χ2n) is 7.21. The Hall–Kier alpha value is -3.76. The second kappa shape index (κ2) is 8.54. The lowest BCUT2D eigenvalue weighted by Gasteiger charge is -2.22. The lowest BCUT2D eigenvalue weighted by Crippen LogP contribution is -2.39. The van der Waals surface area contributed by atoms with E-state index in [2.05, 4.69) is 25.6 Å². The first-order valence-corrected chi connectivity index (χ1v) is 9.59. The van der Waals surface area contributed by atoms with Gasteiger partial charge in [0.15, 0.2) is 5.69 Å². The molecule has 1 fully saturated rings. The van der Waals surface area contributed by atoms with Crippen molar-refractivity contribution < 1.29 is 18.4 Å². The molecule has 1 N–H and O–H groups in total. The summed E-state index contributed by atoms with van der Waals surface area (Å²) >= 11 is 0. The van der Waals surface area contributed by atoms with Crippen molar-refractivity contribution in [2.45, 2.75) is 31.5 Å². The van der Waals surface area contributed by atoms with Gasteiger partial charge in [0.05, 0.1) is 25.3 Å². The zero-order valence-corrected chi connectivity index (χ0v) is 16.4. The molecule has 0 saturated carbocycles.